The van der Waals surface area contributed by atoms with Gasteiger partial charge in [0.1, 0.15) is 5.52 Å². The number of oxazole rings is 1. The Kier molecular flexibility index (Phi) is 2.83. The van der Waals surface area contributed by atoms with E-state index in [1.165, 1.54) is 0 Å². The first-order chi connectivity index (χ1) is 13.0. The highest BCUT2D eigenvalue weighted by atomic mass is 32.2. The van der Waals surface area contributed by atoms with Crippen molar-refractivity contribution in [2.45, 2.75) is 53.9 Å². The van der Waals surface area contributed by atoms with Gasteiger partial charge in [-0.25, -0.2) is 4.98 Å². The van der Waals surface area contributed by atoms with E-state index in [2.05, 4.69) is 10.3 Å². The molecular weight excluding hydrogens is 364 g/mol. The second kappa shape index (κ2) is 4.90. The fourth-order valence-corrected chi connectivity index (χ4v) is 5.24. The number of furan rings is 1. The minimum atomic E-state index is -1.14. The number of carbonyl (C=O) groups excluding carboxylic acids is 1. The fourth-order valence-electron chi connectivity index (χ4n) is 3.97. The van der Waals surface area contributed by atoms with Crippen LogP contribution < -0.4 is 5.32 Å². The van der Waals surface area contributed by atoms with Gasteiger partial charge in [0.05, 0.1) is 21.8 Å². The van der Waals surface area contributed by atoms with Crippen LogP contribution in [0.25, 0.3) is 11.1 Å². The standard InChI is InChI=1S/C20H18N2O4S/c1-11-2-5-14-13(8-11)21-18(26-14)19-9-20(19,10-19)22-17(23)15-6-7-16(25-15)27(24)12-3-4-12/h2,5-8,12H,3-4,9-10H2,1H3,(H,22,23). The zero-order valence-corrected chi connectivity index (χ0v) is 15.6. The first kappa shape index (κ1) is 15.6. The number of hydrogen-bond acceptors (Lipinski definition) is 5. The van der Waals surface area contributed by atoms with Crippen molar-refractivity contribution in [3.05, 3.63) is 47.5 Å². The highest BCUT2D eigenvalue weighted by molar-refractivity contribution is 7.85. The fraction of sp³-hybridized carbons (Fsp3) is 0.400. The number of rotatable bonds is 5. The van der Waals surface area contributed by atoms with Crippen LogP contribution in [-0.2, 0) is 16.2 Å². The van der Waals surface area contributed by atoms with Crippen molar-refractivity contribution in [1.82, 2.24) is 10.3 Å². The van der Waals surface area contributed by atoms with Crippen molar-refractivity contribution < 1.29 is 17.8 Å². The van der Waals surface area contributed by atoms with E-state index in [1.54, 1.807) is 12.1 Å². The molecular formula is C20H18N2O4S. The highest BCUT2D eigenvalue weighted by Crippen LogP contribution is 2.78. The molecule has 3 saturated carbocycles. The summed E-state index contributed by atoms with van der Waals surface area (Å²) in [5.74, 6) is 0.660. The third-order valence-electron chi connectivity index (χ3n) is 6.01. The second-order valence-electron chi connectivity index (χ2n) is 8.08. The number of fused-ring (bicyclic) bond motifs is 2. The average Bonchev–Trinajstić information content (AvgIpc) is 3.55. The van der Waals surface area contributed by atoms with Crippen LogP contribution in [0, 0.1) is 6.92 Å². The van der Waals surface area contributed by atoms with Gasteiger partial charge in [0.25, 0.3) is 5.91 Å². The van der Waals surface area contributed by atoms with Crippen LogP contribution in [0.3, 0.4) is 0 Å². The van der Waals surface area contributed by atoms with Crippen molar-refractivity contribution in [2.75, 3.05) is 0 Å². The third-order valence-corrected chi connectivity index (χ3v) is 7.70. The number of amides is 1. The quantitative estimate of drug-likeness (QED) is 0.732. The molecule has 1 unspecified atom stereocenters. The van der Waals surface area contributed by atoms with Gasteiger partial charge in [0.2, 0.25) is 5.89 Å². The Bertz CT molecular complexity index is 1130. The lowest BCUT2D eigenvalue weighted by atomic mass is 10.2. The molecule has 0 spiro atoms. The molecule has 7 heteroatoms. The molecule has 2 heterocycles. The van der Waals surface area contributed by atoms with Gasteiger partial charge in [0.15, 0.2) is 16.4 Å². The molecule has 27 heavy (non-hydrogen) atoms. The number of benzene rings is 1. The molecule has 3 aliphatic rings. The summed E-state index contributed by atoms with van der Waals surface area (Å²) in [6.07, 6.45) is 3.59. The number of nitrogens with one attached hydrogen (secondary N) is 1. The molecule has 0 bridgehead atoms. The summed E-state index contributed by atoms with van der Waals surface area (Å²) in [6, 6.07) is 9.21. The molecule has 3 aromatic rings. The maximum Gasteiger partial charge on any atom is 0.287 e. The van der Waals surface area contributed by atoms with Gasteiger partial charge in [-0.05, 0) is 62.4 Å². The smallest absolute Gasteiger partial charge is 0.287 e. The number of aromatic nitrogens is 1. The predicted molar refractivity (Wildman–Crippen MR) is 98.0 cm³/mol. The topological polar surface area (TPSA) is 85.3 Å². The second-order valence-corrected chi connectivity index (χ2v) is 9.74. The monoisotopic (exact) mass is 382 g/mol. The number of nitrogens with zero attached hydrogens (tertiary/aromatic N) is 1. The summed E-state index contributed by atoms with van der Waals surface area (Å²) in [5.41, 5.74) is 2.33. The molecule has 3 aliphatic carbocycles. The van der Waals surface area contributed by atoms with Crippen molar-refractivity contribution in [2.24, 2.45) is 0 Å². The molecule has 2 aromatic heterocycles. The minimum Gasteiger partial charge on any atom is -0.442 e. The lowest BCUT2D eigenvalue weighted by molar-refractivity contribution is 0.0909. The van der Waals surface area contributed by atoms with E-state index in [0.29, 0.717) is 11.0 Å². The van der Waals surface area contributed by atoms with Gasteiger partial charge in [0, 0.05) is 5.25 Å². The first-order valence-electron chi connectivity index (χ1n) is 9.20. The Morgan fingerprint density at radius 2 is 2.04 bits per heavy atom. The van der Waals surface area contributed by atoms with E-state index >= 15 is 0 Å². The van der Waals surface area contributed by atoms with Crippen LogP contribution in [0.5, 0.6) is 0 Å². The van der Waals surface area contributed by atoms with E-state index in [1.807, 2.05) is 25.1 Å². The van der Waals surface area contributed by atoms with Gasteiger partial charge in [-0.3, -0.25) is 9.00 Å². The van der Waals surface area contributed by atoms with Crippen molar-refractivity contribution in [3.63, 3.8) is 0 Å². The average molecular weight is 382 g/mol. The lowest BCUT2D eigenvalue weighted by Crippen LogP contribution is -2.30. The molecule has 6 rings (SSSR count). The van der Waals surface area contributed by atoms with E-state index in [-0.39, 0.29) is 27.9 Å². The molecule has 138 valence electrons. The number of carbonyl (C=O) groups is 1. The zero-order valence-electron chi connectivity index (χ0n) is 14.8. The summed E-state index contributed by atoms with van der Waals surface area (Å²) in [4.78, 5) is 17.2. The SMILES string of the molecule is Cc1ccc2oc(C34CC3(NC(=O)c3ccc(S(=O)C5CC5)o3)C4)nc2c1. The van der Waals surface area contributed by atoms with Gasteiger partial charge in [-0.2, -0.15) is 0 Å². The van der Waals surface area contributed by atoms with Crippen molar-refractivity contribution >= 4 is 27.8 Å². The largest absolute Gasteiger partial charge is 0.442 e. The molecule has 0 saturated heterocycles. The Balaban J connectivity index is 1.20. The van der Waals surface area contributed by atoms with Crippen molar-refractivity contribution in [3.8, 4) is 0 Å². The maximum atomic E-state index is 12.6. The Morgan fingerprint density at radius 3 is 2.81 bits per heavy atom. The Hall–Kier alpha value is -2.41. The van der Waals surface area contributed by atoms with E-state index in [0.717, 1.165) is 42.3 Å². The molecule has 6 nitrogen and oxygen atoms in total. The molecule has 3 fully saturated rings. The van der Waals surface area contributed by atoms with E-state index < -0.39 is 10.8 Å². The molecule has 0 aliphatic heterocycles. The van der Waals surface area contributed by atoms with E-state index in [4.69, 9.17) is 8.83 Å². The Morgan fingerprint density at radius 1 is 1.22 bits per heavy atom. The molecule has 1 N–H and O–H groups in total. The van der Waals surface area contributed by atoms with Crippen LogP contribution in [0.2, 0.25) is 0 Å². The summed E-state index contributed by atoms with van der Waals surface area (Å²) < 4.78 is 23.7. The molecule has 1 atom stereocenters. The molecule has 1 aromatic carbocycles. The van der Waals surface area contributed by atoms with Gasteiger partial charge in [-0.1, -0.05) is 6.07 Å². The van der Waals surface area contributed by atoms with Crippen LogP contribution in [0.15, 0.2) is 44.3 Å². The summed E-state index contributed by atoms with van der Waals surface area (Å²) in [7, 11) is -1.14. The van der Waals surface area contributed by atoms with Crippen LogP contribution >= 0.6 is 0 Å². The van der Waals surface area contributed by atoms with Gasteiger partial charge < -0.3 is 14.2 Å². The van der Waals surface area contributed by atoms with Crippen molar-refractivity contribution in [1.29, 1.82) is 0 Å². The van der Waals surface area contributed by atoms with E-state index in [9.17, 15) is 9.00 Å². The molecule has 0 radical (unpaired) electrons. The summed E-state index contributed by atoms with van der Waals surface area (Å²) in [5, 5.41) is 3.66. The van der Waals surface area contributed by atoms with Crippen LogP contribution in [-0.4, -0.2) is 25.9 Å². The third kappa shape index (κ3) is 2.21. The van der Waals surface area contributed by atoms with Crippen LogP contribution in [0.1, 0.15) is 47.7 Å². The van der Waals surface area contributed by atoms with Crippen LogP contribution in [0.4, 0.5) is 0 Å². The van der Waals surface area contributed by atoms with Gasteiger partial charge >= 0.3 is 0 Å². The maximum absolute atomic E-state index is 12.6. The number of hydrogen-bond donors (Lipinski definition) is 1. The molecule has 1 amide bonds. The Labute approximate surface area is 157 Å². The lowest BCUT2D eigenvalue weighted by Gasteiger charge is -2.04. The minimum absolute atomic E-state index is 0.179. The summed E-state index contributed by atoms with van der Waals surface area (Å²) >= 11 is 0. The number of aryl methyl sites for hydroxylation is 1. The van der Waals surface area contributed by atoms with Gasteiger partial charge in [-0.15, -0.1) is 0 Å². The highest BCUT2D eigenvalue weighted by Gasteiger charge is 2.87. The zero-order chi connectivity index (χ0) is 18.4. The normalized spacial score (nSPS) is 29.4. The predicted octanol–water partition coefficient (Wildman–Crippen LogP) is 3.21. The summed E-state index contributed by atoms with van der Waals surface area (Å²) in [6.45, 7) is 2.03. The first-order valence-corrected chi connectivity index (χ1v) is 10.4.